The Morgan fingerprint density at radius 2 is 1.16 bits per heavy atom. The molecule has 0 radical (unpaired) electrons. The molecule has 0 amide bonds. The van der Waals surface area contributed by atoms with Crippen LogP contribution in [0.15, 0.2) is 48.5 Å². The number of aryl methyl sites for hydroxylation is 2. The first-order chi connectivity index (χ1) is 8.94. The van der Waals surface area contributed by atoms with Crippen LogP contribution < -0.4 is 0 Å². The molecule has 0 aliphatic rings. The molecule has 0 aliphatic carbocycles. The lowest BCUT2D eigenvalue weighted by Gasteiger charge is -2.26. The molecule has 0 unspecified atom stereocenters. The van der Waals surface area contributed by atoms with Gasteiger partial charge in [-0.3, -0.25) is 4.79 Å². The maximum absolute atomic E-state index is 11.8. The second-order valence-corrected chi connectivity index (χ2v) is 5.16. The number of hydrogen-bond acceptors (Lipinski definition) is 1. The van der Waals surface area contributed by atoms with Crippen molar-refractivity contribution in [3.63, 3.8) is 0 Å². The lowest BCUT2D eigenvalue weighted by molar-refractivity contribution is -0.141. The van der Waals surface area contributed by atoms with E-state index in [-0.39, 0.29) is 0 Å². The Bertz CT molecular complexity index is 534. The smallest absolute Gasteiger partial charge is 0.318 e. The summed E-state index contributed by atoms with van der Waals surface area (Å²) in [5.74, 6) is -0.833. The highest BCUT2D eigenvalue weighted by Crippen LogP contribution is 2.32. The molecule has 98 valence electrons. The van der Waals surface area contributed by atoms with E-state index in [0.29, 0.717) is 0 Å². The minimum atomic E-state index is -1.01. The van der Waals surface area contributed by atoms with Crippen molar-refractivity contribution >= 4 is 5.97 Å². The van der Waals surface area contributed by atoms with E-state index >= 15 is 0 Å². The van der Waals surface area contributed by atoms with E-state index in [2.05, 4.69) is 0 Å². The van der Waals surface area contributed by atoms with Crippen molar-refractivity contribution in [2.75, 3.05) is 0 Å². The molecule has 0 saturated heterocycles. The van der Waals surface area contributed by atoms with Crippen LogP contribution in [0.5, 0.6) is 0 Å². The third-order valence-electron chi connectivity index (χ3n) is 3.69. The third kappa shape index (κ3) is 2.39. The van der Waals surface area contributed by atoms with Crippen LogP contribution in [0.1, 0.15) is 29.2 Å². The quantitative estimate of drug-likeness (QED) is 0.907. The highest BCUT2D eigenvalue weighted by atomic mass is 16.4. The monoisotopic (exact) mass is 254 g/mol. The molecule has 2 heteroatoms. The second kappa shape index (κ2) is 4.88. The Morgan fingerprint density at radius 1 is 0.842 bits per heavy atom. The van der Waals surface area contributed by atoms with E-state index in [1.807, 2.05) is 62.4 Å². The Hall–Kier alpha value is -2.09. The lowest BCUT2D eigenvalue weighted by atomic mass is 9.76. The fraction of sp³-hybridized carbons (Fsp3) is 0.235. The number of rotatable bonds is 3. The standard InChI is InChI=1S/C17H18O2/c1-12-4-8-14(9-5-12)17(3,16(18)19)15-10-6-13(2)7-11-15/h4-11H,1-3H3,(H,18,19). The zero-order valence-corrected chi connectivity index (χ0v) is 11.5. The van der Waals surface area contributed by atoms with Gasteiger partial charge in [-0.2, -0.15) is 0 Å². The summed E-state index contributed by atoms with van der Waals surface area (Å²) in [6.07, 6.45) is 0. The summed E-state index contributed by atoms with van der Waals surface area (Å²) in [7, 11) is 0. The van der Waals surface area contributed by atoms with Gasteiger partial charge in [0.05, 0.1) is 0 Å². The summed E-state index contributed by atoms with van der Waals surface area (Å²) in [5, 5.41) is 9.68. The van der Waals surface area contributed by atoms with Crippen LogP contribution in [0, 0.1) is 13.8 Å². The highest BCUT2D eigenvalue weighted by Gasteiger charge is 2.36. The summed E-state index contributed by atoms with van der Waals surface area (Å²) in [6.45, 7) is 5.74. The molecule has 0 spiro atoms. The van der Waals surface area contributed by atoms with Gasteiger partial charge in [0, 0.05) is 0 Å². The van der Waals surface area contributed by atoms with Gasteiger partial charge in [-0.25, -0.2) is 0 Å². The first-order valence-electron chi connectivity index (χ1n) is 6.32. The second-order valence-electron chi connectivity index (χ2n) is 5.16. The normalized spacial score (nSPS) is 11.3. The zero-order valence-electron chi connectivity index (χ0n) is 11.5. The largest absolute Gasteiger partial charge is 0.480 e. The number of carbonyl (C=O) groups is 1. The zero-order chi connectivity index (χ0) is 14.0. The molecule has 0 aliphatic heterocycles. The van der Waals surface area contributed by atoms with Gasteiger partial charge in [0.25, 0.3) is 0 Å². The van der Waals surface area contributed by atoms with Crippen LogP contribution in [0.2, 0.25) is 0 Å². The third-order valence-corrected chi connectivity index (χ3v) is 3.69. The van der Waals surface area contributed by atoms with Gasteiger partial charge >= 0.3 is 5.97 Å². The first kappa shape index (κ1) is 13.3. The van der Waals surface area contributed by atoms with Crippen molar-refractivity contribution in [2.24, 2.45) is 0 Å². The number of hydrogen-bond donors (Lipinski definition) is 1. The van der Waals surface area contributed by atoms with Crippen LogP contribution in [-0.2, 0) is 10.2 Å². The van der Waals surface area contributed by atoms with Crippen LogP contribution in [0.3, 0.4) is 0 Å². The average molecular weight is 254 g/mol. The first-order valence-corrected chi connectivity index (χ1v) is 6.32. The van der Waals surface area contributed by atoms with Crippen molar-refractivity contribution in [1.29, 1.82) is 0 Å². The van der Waals surface area contributed by atoms with Crippen molar-refractivity contribution in [1.82, 2.24) is 0 Å². The lowest BCUT2D eigenvalue weighted by Crippen LogP contribution is -2.33. The van der Waals surface area contributed by atoms with Gasteiger partial charge in [-0.1, -0.05) is 59.7 Å². The molecule has 2 rings (SSSR count). The van der Waals surface area contributed by atoms with Crippen LogP contribution >= 0.6 is 0 Å². The molecular formula is C17H18O2. The summed E-state index contributed by atoms with van der Waals surface area (Å²) < 4.78 is 0. The summed E-state index contributed by atoms with van der Waals surface area (Å²) in [6, 6.07) is 15.4. The Morgan fingerprint density at radius 3 is 1.42 bits per heavy atom. The van der Waals surface area contributed by atoms with Gasteiger partial charge in [0.1, 0.15) is 5.41 Å². The van der Waals surface area contributed by atoms with Gasteiger partial charge in [0.15, 0.2) is 0 Å². The molecule has 0 saturated carbocycles. The molecule has 0 aromatic heterocycles. The molecule has 2 nitrogen and oxygen atoms in total. The van der Waals surface area contributed by atoms with Crippen molar-refractivity contribution in [3.8, 4) is 0 Å². The van der Waals surface area contributed by atoms with E-state index in [9.17, 15) is 9.90 Å². The minimum absolute atomic E-state index is 0.800. The molecule has 0 heterocycles. The van der Waals surface area contributed by atoms with Gasteiger partial charge < -0.3 is 5.11 Å². The predicted octanol–water partition coefficient (Wildman–Crippen LogP) is 3.69. The van der Waals surface area contributed by atoms with Crippen LogP contribution in [0.25, 0.3) is 0 Å². The van der Waals surface area contributed by atoms with E-state index in [0.717, 1.165) is 22.3 Å². The summed E-state index contributed by atoms with van der Waals surface area (Å²) in [4.78, 5) is 11.8. The van der Waals surface area contributed by atoms with Gasteiger partial charge in [-0.05, 0) is 31.9 Å². The molecule has 19 heavy (non-hydrogen) atoms. The Labute approximate surface area is 113 Å². The SMILES string of the molecule is Cc1ccc(C(C)(C(=O)O)c2ccc(C)cc2)cc1. The van der Waals surface area contributed by atoms with Crippen molar-refractivity contribution < 1.29 is 9.90 Å². The van der Waals surface area contributed by atoms with Crippen LogP contribution in [-0.4, -0.2) is 11.1 Å². The topological polar surface area (TPSA) is 37.3 Å². The van der Waals surface area contributed by atoms with E-state index in [1.54, 1.807) is 6.92 Å². The molecule has 1 N–H and O–H groups in total. The number of benzene rings is 2. The van der Waals surface area contributed by atoms with Crippen molar-refractivity contribution in [2.45, 2.75) is 26.2 Å². The molecular weight excluding hydrogens is 236 g/mol. The minimum Gasteiger partial charge on any atom is -0.480 e. The molecule has 2 aromatic rings. The maximum Gasteiger partial charge on any atom is 0.318 e. The highest BCUT2D eigenvalue weighted by molar-refractivity contribution is 5.85. The Kier molecular flexibility index (Phi) is 3.43. The molecule has 0 fully saturated rings. The van der Waals surface area contributed by atoms with Crippen molar-refractivity contribution in [3.05, 3.63) is 70.8 Å². The Balaban J connectivity index is 2.57. The van der Waals surface area contributed by atoms with E-state index in [1.165, 1.54) is 0 Å². The maximum atomic E-state index is 11.8. The summed E-state index contributed by atoms with van der Waals surface area (Å²) >= 11 is 0. The van der Waals surface area contributed by atoms with Gasteiger partial charge in [0.2, 0.25) is 0 Å². The average Bonchev–Trinajstić information content (AvgIpc) is 2.39. The number of aliphatic carboxylic acids is 1. The fourth-order valence-corrected chi connectivity index (χ4v) is 2.19. The van der Waals surface area contributed by atoms with E-state index < -0.39 is 11.4 Å². The molecule has 0 atom stereocenters. The predicted molar refractivity (Wildman–Crippen MR) is 76.4 cm³/mol. The fourth-order valence-electron chi connectivity index (χ4n) is 2.19. The van der Waals surface area contributed by atoms with E-state index in [4.69, 9.17) is 0 Å². The number of carboxylic acid groups (broad SMARTS) is 1. The molecule has 2 aromatic carbocycles. The van der Waals surface area contributed by atoms with Crippen LogP contribution in [0.4, 0.5) is 0 Å². The number of carboxylic acids is 1. The summed E-state index contributed by atoms with van der Waals surface area (Å²) in [5.41, 5.74) is 2.84. The van der Waals surface area contributed by atoms with Gasteiger partial charge in [-0.15, -0.1) is 0 Å². The molecule has 0 bridgehead atoms.